The van der Waals surface area contributed by atoms with Gasteiger partial charge in [0.15, 0.2) is 0 Å². The number of ether oxygens (including phenoxy) is 1. The zero-order chi connectivity index (χ0) is 27.6. The molecule has 38 heavy (non-hydrogen) atoms. The fourth-order valence-electron chi connectivity index (χ4n) is 3.63. The van der Waals surface area contributed by atoms with Crippen molar-refractivity contribution in [3.63, 3.8) is 0 Å². The lowest BCUT2D eigenvalue weighted by Crippen LogP contribution is -2.26. The lowest BCUT2D eigenvalue weighted by molar-refractivity contribution is -0.285. The van der Waals surface area contributed by atoms with Crippen molar-refractivity contribution >= 4 is 17.5 Å². The summed E-state index contributed by atoms with van der Waals surface area (Å²) in [6, 6.07) is 7.03. The minimum absolute atomic E-state index is 0.0811. The Morgan fingerprint density at radius 3 is 2.45 bits per heavy atom. The van der Waals surface area contributed by atoms with E-state index in [0.717, 1.165) is 17.7 Å². The van der Waals surface area contributed by atoms with Crippen LogP contribution in [0.25, 0.3) is 16.6 Å². The van der Waals surface area contributed by atoms with Gasteiger partial charge in [0.25, 0.3) is 0 Å². The van der Waals surface area contributed by atoms with Crippen LogP contribution in [0.4, 0.5) is 22.0 Å². The molecule has 0 aliphatic carbocycles. The van der Waals surface area contributed by atoms with Crippen LogP contribution in [0, 0.1) is 25.5 Å². The molecule has 0 fully saturated rings. The Balaban J connectivity index is 1.50. The molecule has 200 valence electrons. The van der Waals surface area contributed by atoms with Gasteiger partial charge in [0, 0.05) is 23.4 Å². The number of carbonyl (C=O) groups excluding carboxylic acids is 2. The number of hydrogen-bond donors (Lipinski definition) is 0. The molecule has 0 bridgehead atoms. The van der Waals surface area contributed by atoms with Gasteiger partial charge in [0.1, 0.15) is 18.2 Å². The number of aromatic nitrogens is 4. The quantitative estimate of drug-likeness (QED) is 0.192. The zero-order valence-corrected chi connectivity index (χ0v) is 19.9. The SMILES string of the molecule is Cc1cc(OCc2c(F)cccc2F)n2nc(C)c(-c3cnn(CCC(=O)OOC(=O)C(F)(F)F)c3)c2c1. The lowest BCUT2D eigenvalue weighted by atomic mass is 10.1. The van der Waals surface area contributed by atoms with Gasteiger partial charge in [-0.25, -0.2) is 32.7 Å². The molecule has 3 aromatic heterocycles. The number of halogens is 5. The first-order valence-corrected chi connectivity index (χ1v) is 11.0. The van der Waals surface area contributed by atoms with Crippen LogP contribution in [-0.4, -0.2) is 37.5 Å². The first-order valence-electron chi connectivity index (χ1n) is 11.0. The van der Waals surface area contributed by atoms with Gasteiger partial charge < -0.3 is 4.74 Å². The number of pyridine rings is 1. The van der Waals surface area contributed by atoms with Crippen molar-refractivity contribution in [3.8, 4) is 17.0 Å². The largest absolute Gasteiger partial charge is 0.495 e. The van der Waals surface area contributed by atoms with E-state index in [1.807, 2.05) is 13.0 Å². The highest BCUT2D eigenvalue weighted by molar-refractivity contribution is 5.82. The normalized spacial score (nSPS) is 11.6. The van der Waals surface area contributed by atoms with E-state index in [1.54, 1.807) is 19.2 Å². The van der Waals surface area contributed by atoms with Gasteiger partial charge in [-0.1, -0.05) is 6.07 Å². The van der Waals surface area contributed by atoms with Gasteiger partial charge >= 0.3 is 18.1 Å². The second kappa shape index (κ2) is 10.5. The molecule has 3 heterocycles. The van der Waals surface area contributed by atoms with E-state index >= 15 is 0 Å². The predicted molar refractivity (Wildman–Crippen MR) is 119 cm³/mol. The number of fused-ring (bicyclic) bond motifs is 1. The van der Waals surface area contributed by atoms with Crippen LogP contribution in [0.15, 0.2) is 42.7 Å². The predicted octanol–water partition coefficient (Wildman–Crippen LogP) is 4.63. The van der Waals surface area contributed by atoms with E-state index in [2.05, 4.69) is 20.0 Å². The minimum Gasteiger partial charge on any atom is -0.473 e. The van der Waals surface area contributed by atoms with Gasteiger partial charge in [-0.15, -0.1) is 0 Å². The summed E-state index contributed by atoms with van der Waals surface area (Å²) >= 11 is 0. The molecule has 0 saturated carbocycles. The second-order valence-corrected chi connectivity index (χ2v) is 8.18. The summed E-state index contributed by atoms with van der Waals surface area (Å²) < 4.78 is 72.9. The Kier molecular flexibility index (Phi) is 7.32. The zero-order valence-electron chi connectivity index (χ0n) is 19.9. The number of alkyl halides is 3. The van der Waals surface area contributed by atoms with E-state index in [4.69, 9.17) is 4.74 Å². The highest BCUT2D eigenvalue weighted by atomic mass is 19.4. The molecule has 1 aromatic carbocycles. The monoisotopic (exact) mass is 538 g/mol. The summed E-state index contributed by atoms with van der Waals surface area (Å²) in [6.07, 6.45) is -2.64. The fraction of sp³-hybridized carbons (Fsp3) is 0.250. The molecule has 0 amide bonds. The van der Waals surface area contributed by atoms with Crippen LogP contribution >= 0.6 is 0 Å². The lowest BCUT2D eigenvalue weighted by Gasteiger charge is -2.11. The number of nitrogens with zero attached hydrogens (tertiary/aromatic N) is 4. The van der Waals surface area contributed by atoms with Crippen molar-refractivity contribution in [3.05, 3.63) is 71.2 Å². The molecule has 0 saturated heterocycles. The van der Waals surface area contributed by atoms with Crippen LogP contribution in [0.3, 0.4) is 0 Å². The first-order chi connectivity index (χ1) is 17.9. The molecule has 0 spiro atoms. The third-order valence-electron chi connectivity index (χ3n) is 5.36. The summed E-state index contributed by atoms with van der Waals surface area (Å²) in [5.41, 5.74) is 3.03. The van der Waals surface area contributed by atoms with Gasteiger partial charge in [0.05, 0.1) is 35.9 Å². The van der Waals surface area contributed by atoms with Crippen molar-refractivity contribution in [2.45, 2.75) is 39.6 Å². The number of benzene rings is 1. The van der Waals surface area contributed by atoms with Crippen LogP contribution in [0.2, 0.25) is 0 Å². The van der Waals surface area contributed by atoms with Crippen LogP contribution < -0.4 is 4.74 Å². The Labute approximate surface area is 211 Å². The number of aryl methyl sites for hydroxylation is 3. The molecular weight excluding hydrogens is 519 g/mol. The van der Waals surface area contributed by atoms with Crippen molar-refractivity contribution < 1.29 is 46.1 Å². The minimum atomic E-state index is -5.29. The molecule has 0 aliphatic heterocycles. The summed E-state index contributed by atoms with van der Waals surface area (Å²) in [5, 5.41) is 8.62. The van der Waals surface area contributed by atoms with Gasteiger partial charge in [0.2, 0.25) is 5.88 Å². The summed E-state index contributed by atoms with van der Waals surface area (Å²) in [6.45, 7) is 3.10. The average Bonchev–Trinajstić information content (AvgIpc) is 3.43. The molecule has 0 radical (unpaired) electrons. The molecular formula is C24H19F5N4O5. The Morgan fingerprint density at radius 1 is 1.05 bits per heavy atom. The van der Waals surface area contributed by atoms with Crippen LogP contribution in [0.5, 0.6) is 5.88 Å². The maximum atomic E-state index is 14.0. The summed E-state index contributed by atoms with van der Waals surface area (Å²) in [7, 11) is 0. The average molecular weight is 538 g/mol. The molecule has 14 heteroatoms. The maximum Gasteiger partial charge on any atom is 0.495 e. The van der Waals surface area contributed by atoms with Crippen molar-refractivity contribution in [2.75, 3.05) is 0 Å². The molecule has 9 nitrogen and oxygen atoms in total. The molecule has 4 rings (SSSR count). The third kappa shape index (κ3) is 5.74. The molecule has 0 atom stereocenters. The van der Waals surface area contributed by atoms with Crippen molar-refractivity contribution in [1.29, 1.82) is 0 Å². The van der Waals surface area contributed by atoms with Gasteiger partial charge in [-0.2, -0.15) is 23.4 Å². The maximum absolute atomic E-state index is 14.0. The van der Waals surface area contributed by atoms with E-state index in [9.17, 15) is 31.5 Å². The molecule has 4 aromatic rings. The Hall–Kier alpha value is -4.49. The summed E-state index contributed by atoms with van der Waals surface area (Å²) in [4.78, 5) is 29.6. The van der Waals surface area contributed by atoms with E-state index in [1.165, 1.54) is 21.5 Å². The fourth-order valence-corrected chi connectivity index (χ4v) is 3.63. The number of carbonyl (C=O) groups is 2. The van der Waals surface area contributed by atoms with E-state index in [0.29, 0.717) is 22.3 Å². The number of hydrogen-bond acceptors (Lipinski definition) is 7. The standard InChI is InChI=1S/C24H19F5N4O5/c1-13-8-19-22(15-10-30-32(11-15)7-6-21(34)37-38-23(35)24(27,28)29)14(2)31-33(19)20(9-13)36-12-16-17(25)4-3-5-18(16)26/h3-5,8-11H,6-7,12H2,1-2H3. The van der Waals surface area contributed by atoms with Crippen molar-refractivity contribution in [1.82, 2.24) is 19.4 Å². The van der Waals surface area contributed by atoms with Gasteiger partial charge in [-0.3, -0.25) is 4.68 Å². The number of rotatable bonds is 7. The Bertz CT molecular complexity index is 1490. The van der Waals surface area contributed by atoms with Gasteiger partial charge in [-0.05, 0) is 37.6 Å². The van der Waals surface area contributed by atoms with Crippen molar-refractivity contribution in [2.24, 2.45) is 0 Å². The second-order valence-electron chi connectivity index (χ2n) is 8.18. The third-order valence-corrected chi connectivity index (χ3v) is 5.36. The van der Waals surface area contributed by atoms with Crippen LogP contribution in [-0.2, 0) is 32.5 Å². The molecule has 0 aliphatic rings. The molecule has 0 unspecified atom stereocenters. The molecule has 0 N–H and O–H groups in total. The van der Waals surface area contributed by atoms with Crippen LogP contribution in [0.1, 0.15) is 23.2 Å². The topological polar surface area (TPSA) is 97.0 Å². The highest BCUT2D eigenvalue weighted by Crippen LogP contribution is 2.32. The highest BCUT2D eigenvalue weighted by Gasteiger charge is 2.43. The summed E-state index contributed by atoms with van der Waals surface area (Å²) in [5.74, 6) is -5.06. The first kappa shape index (κ1) is 26.6. The Morgan fingerprint density at radius 2 is 1.76 bits per heavy atom. The smallest absolute Gasteiger partial charge is 0.473 e. The van der Waals surface area contributed by atoms with E-state index < -0.39 is 36.2 Å². The van der Waals surface area contributed by atoms with E-state index in [-0.39, 0.29) is 24.6 Å².